The predicted molar refractivity (Wildman–Crippen MR) is 71.0 cm³/mol. The maximum atomic E-state index is 9.93. The van der Waals surface area contributed by atoms with Crippen molar-refractivity contribution in [2.45, 2.75) is 43.9 Å². The molecule has 20 heavy (non-hydrogen) atoms. The fourth-order valence-corrected chi connectivity index (χ4v) is 2.84. The van der Waals surface area contributed by atoms with E-state index in [1.807, 2.05) is 0 Å². The number of ether oxygens (including phenoxy) is 1. The van der Waals surface area contributed by atoms with E-state index in [1.54, 1.807) is 6.92 Å². The van der Waals surface area contributed by atoms with Gasteiger partial charge in [0.25, 0.3) is 0 Å². The lowest BCUT2D eigenvalue weighted by atomic mass is 10.0. The Labute approximate surface area is 118 Å². The van der Waals surface area contributed by atoms with E-state index in [0.29, 0.717) is 17.8 Å². The molecule has 3 unspecified atom stereocenters. The third kappa shape index (κ3) is 2.85. The molecule has 3 atom stereocenters. The Morgan fingerprint density at radius 3 is 3.20 bits per heavy atom. The number of hydrogen-bond donors (Lipinski definition) is 2. The zero-order valence-electron chi connectivity index (χ0n) is 11.8. The molecule has 2 fully saturated rings. The summed E-state index contributed by atoms with van der Waals surface area (Å²) in [6, 6.07) is 0.551. The summed E-state index contributed by atoms with van der Waals surface area (Å²) in [5, 5.41) is 13.9. The number of nitrogens with two attached hydrogens (primary N) is 1. The summed E-state index contributed by atoms with van der Waals surface area (Å²) >= 11 is 0. The van der Waals surface area contributed by atoms with E-state index in [1.165, 1.54) is 12.8 Å². The highest BCUT2D eigenvalue weighted by atomic mass is 16.5. The van der Waals surface area contributed by atoms with Gasteiger partial charge in [-0.3, -0.25) is 4.90 Å². The molecule has 0 spiro atoms. The first kappa shape index (κ1) is 13.9. The smallest absolute Gasteiger partial charge is 0.229 e. The van der Waals surface area contributed by atoms with E-state index in [-0.39, 0.29) is 19.1 Å². The molecular weight excluding hydrogens is 260 g/mol. The van der Waals surface area contributed by atoms with Crippen LogP contribution in [0.5, 0.6) is 0 Å². The Hall–Kier alpha value is -1.02. The van der Waals surface area contributed by atoms with Crippen LogP contribution in [-0.2, 0) is 11.2 Å². The maximum absolute atomic E-state index is 9.93. The van der Waals surface area contributed by atoms with Gasteiger partial charge in [0.15, 0.2) is 0 Å². The quantitative estimate of drug-likeness (QED) is 0.793. The van der Waals surface area contributed by atoms with Crippen molar-refractivity contribution in [1.82, 2.24) is 15.0 Å². The van der Waals surface area contributed by atoms with Crippen LogP contribution in [-0.4, -0.2) is 58.0 Å². The standard InChI is InChI=1S/C13H22N4O3/c1-13(18,8-14)5-11-15-12(16-20-11)10-6-17-4-2-3-9(17)7-19-10/h9-10,18H,2-8,14H2,1H3. The normalized spacial score (nSPS) is 30.1. The Kier molecular flexibility index (Phi) is 3.76. The molecule has 0 bridgehead atoms. The van der Waals surface area contributed by atoms with Crippen LogP contribution in [0.15, 0.2) is 4.52 Å². The zero-order valence-corrected chi connectivity index (χ0v) is 11.8. The minimum Gasteiger partial charge on any atom is -0.388 e. The van der Waals surface area contributed by atoms with E-state index < -0.39 is 5.60 Å². The lowest BCUT2D eigenvalue weighted by Crippen LogP contribution is -2.42. The van der Waals surface area contributed by atoms with Gasteiger partial charge in [-0.25, -0.2) is 0 Å². The minimum atomic E-state index is -1.02. The lowest BCUT2D eigenvalue weighted by Gasteiger charge is -2.33. The van der Waals surface area contributed by atoms with Crippen molar-refractivity contribution >= 4 is 0 Å². The van der Waals surface area contributed by atoms with Crippen molar-refractivity contribution in [2.24, 2.45) is 5.73 Å². The second-order valence-corrected chi connectivity index (χ2v) is 6.04. The van der Waals surface area contributed by atoms with Gasteiger partial charge in [0.2, 0.25) is 11.7 Å². The van der Waals surface area contributed by atoms with Gasteiger partial charge in [-0.15, -0.1) is 0 Å². The molecule has 0 radical (unpaired) electrons. The van der Waals surface area contributed by atoms with Crippen LogP contribution in [0.4, 0.5) is 0 Å². The van der Waals surface area contributed by atoms with Gasteiger partial charge in [-0.1, -0.05) is 5.16 Å². The molecule has 3 rings (SSSR count). The molecule has 1 aromatic heterocycles. The number of aliphatic hydroxyl groups is 1. The first-order chi connectivity index (χ1) is 9.57. The van der Waals surface area contributed by atoms with Crippen LogP contribution in [0.2, 0.25) is 0 Å². The Morgan fingerprint density at radius 1 is 1.55 bits per heavy atom. The van der Waals surface area contributed by atoms with Gasteiger partial charge >= 0.3 is 0 Å². The first-order valence-electron chi connectivity index (χ1n) is 7.18. The monoisotopic (exact) mass is 282 g/mol. The number of aromatic nitrogens is 2. The molecule has 2 saturated heterocycles. The van der Waals surface area contributed by atoms with Crippen LogP contribution in [0.3, 0.4) is 0 Å². The fraction of sp³-hybridized carbons (Fsp3) is 0.846. The van der Waals surface area contributed by atoms with E-state index in [2.05, 4.69) is 15.0 Å². The molecule has 1 aromatic rings. The van der Waals surface area contributed by atoms with Gasteiger partial charge in [0.05, 0.1) is 18.6 Å². The molecule has 112 valence electrons. The van der Waals surface area contributed by atoms with E-state index in [9.17, 15) is 5.11 Å². The van der Waals surface area contributed by atoms with Crippen molar-refractivity contribution in [1.29, 1.82) is 0 Å². The van der Waals surface area contributed by atoms with Crippen LogP contribution in [0, 0.1) is 0 Å². The minimum absolute atomic E-state index is 0.135. The fourth-order valence-electron chi connectivity index (χ4n) is 2.84. The number of hydrogen-bond acceptors (Lipinski definition) is 7. The molecule has 0 aromatic carbocycles. The molecule has 2 aliphatic heterocycles. The Morgan fingerprint density at radius 2 is 2.40 bits per heavy atom. The van der Waals surface area contributed by atoms with Gasteiger partial charge in [-0.2, -0.15) is 4.98 Å². The van der Waals surface area contributed by atoms with Gasteiger partial charge in [-0.05, 0) is 26.3 Å². The summed E-state index contributed by atoms with van der Waals surface area (Å²) in [5.74, 6) is 0.973. The topological polar surface area (TPSA) is 97.6 Å². The lowest BCUT2D eigenvalue weighted by molar-refractivity contribution is -0.0548. The average Bonchev–Trinajstić information content (AvgIpc) is 3.05. The van der Waals surface area contributed by atoms with Crippen LogP contribution in [0.25, 0.3) is 0 Å². The highest BCUT2D eigenvalue weighted by Crippen LogP contribution is 2.28. The van der Waals surface area contributed by atoms with E-state index >= 15 is 0 Å². The molecule has 3 N–H and O–H groups in total. The third-order valence-electron chi connectivity index (χ3n) is 4.13. The molecule has 2 aliphatic rings. The Balaban J connectivity index is 1.65. The van der Waals surface area contributed by atoms with Gasteiger partial charge < -0.3 is 20.1 Å². The predicted octanol–water partition coefficient (Wildman–Crippen LogP) is -0.142. The maximum Gasteiger partial charge on any atom is 0.229 e. The van der Waals surface area contributed by atoms with Crippen LogP contribution >= 0.6 is 0 Å². The van der Waals surface area contributed by atoms with Crippen molar-refractivity contribution in [3.05, 3.63) is 11.7 Å². The van der Waals surface area contributed by atoms with E-state index in [0.717, 1.165) is 19.7 Å². The first-order valence-corrected chi connectivity index (χ1v) is 7.18. The third-order valence-corrected chi connectivity index (χ3v) is 4.13. The Bertz CT molecular complexity index is 462. The number of fused-ring (bicyclic) bond motifs is 1. The van der Waals surface area contributed by atoms with Gasteiger partial charge in [0.1, 0.15) is 6.10 Å². The molecule has 7 heteroatoms. The molecule has 3 heterocycles. The van der Waals surface area contributed by atoms with Crippen LogP contribution in [0.1, 0.15) is 37.6 Å². The SMILES string of the molecule is CC(O)(CN)Cc1nc(C2CN3CCCC3CO2)no1. The summed E-state index contributed by atoms with van der Waals surface area (Å²) in [6.45, 7) is 4.48. The van der Waals surface area contributed by atoms with Crippen molar-refractivity contribution in [3.8, 4) is 0 Å². The van der Waals surface area contributed by atoms with E-state index in [4.69, 9.17) is 15.0 Å². The molecule has 0 amide bonds. The van der Waals surface area contributed by atoms with Crippen molar-refractivity contribution < 1.29 is 14.4 Å². The molecule has 0 saturated carbocycles. The highest BCUT2D eigenvalue weighted by molar-refractivity contribution is 4.99. The van der Waals surface area contributed by atoms with Crippen molar-refractivity contribution in [3.63, 3.8) is 0 Å². The second-order valence-electron chi connectivity index (χ2n) is 6.04. The number of morpholine rings is 1. The van der Waals surface area contributed by atoms with Crippen LogP contribution < -0.4 is 5.73 Å². The average molecular weight is 282 g/mol. The summed E-state index contributed by atoms with van der Waals surface area (Å²) < 4.78 is 11.0. The summed E-state index contributed by atoms with van der Waals surface area (Å²) in [4.78, 5) is 6.77. The second kappa shape index (κ2) is 5.40. The molecule has 0 aliphatic carbocycles. The highest BCUT2D eigenvalue weighted by Gasteiger charge is 2.35. The largest absolute Gasteiger partial charge is 0.388 e. The summed E-state index contributed by atoms with van der Waals surface area (Å²) in [5.41, 5.74) is 4.47. The van der Waals surface area contributed by atoms with Gasteiger partial charge in [0, 0.05) is 19.1 Å². The zero-order chi connectivity index (χ0) is 14.2. The number of nitrogens with zero attached hydrogens (tertiary/aromatic N) is 3. The summed E-state index contributed by atoms with van der Waals surface area (Å²) in [6.07, 6.45) is 2.57. The van der Waals surface area contributed by atoms with Crippen molar-refractivity contribution in [2.75, 3.05) is 26.2 Å². The molecular formula is C13H22N4O3. The molecule has 7 nitrogen and oxygen atoms in total. The number of rotatable bonds is 4. The summed E-state index contributed by atoms with van der Waals surface area (Å²) in [7, 11) is 0.